The molecule has 7 heteroatoms. The molecule has 0 spiro atoms. The Morgan fingerprint density at radius 1 is 1.28 bits per heavy atom. The summed E-state index contributed by atoms with van der Waals surface area (Å²) in [6.45, 7) is 10.6. The lowest BCUT2D eigenvalue weighted by atomic mass is 10.0. The van der Waals surface area contributed by atoms with Gasteiger partial charge < -0.3 is 19.2 Å². The fourth-order valence-corrected chi connectivity index (χ4v) is 3.97. The first-order chi connectivity index (χ1) is 14.1. The van der Waals surface area contributed by atoms with Crippen molar-refractivity contribution in [3.8, 4) is 22.6 Å². The van der Waals surface area contributed by atoms with Crippen molar-refractivity contribution in [3.63, 3.8) is 0 Å². The molecule has 1 saturated heterocycles. The summed E-state index contributed by atoms with van der Waals surface area (Å²) >= 11 is 0. The van der Waals surface area contributed by atoms with Gasteiger partial charge in [-0.2, -0.15) is 0 Å². The van der Waals surface area contributed by atoms with Crippen LogP contribution in [0.15, 0.2) is 33.5 Å². The van der Waals surface area contributed by atoms with Gasteiger partial charge in [-0.25, -0.2) is 9.97 Å². The molecule has 0 aliphatic carbocycles. The number of hydrogen-bond acceptors (Lipinski definition) is 7. The minimum Gasteiger partial charge on any atom is -0.469 e. The number of aryl methyl sites for hydroxylation is 2. The number of rotatable bonds is 7. The molecule has 0 saturated carbocycles. The molecule has 3 aromatic heterocycles. The number of nitrogens with zero attached hydrogens (tertiary/aromatic N) is 4. The van der Waals surface area contributed by atoms with E-state index in [9.17, 15) is 0 Å². The second kappa shape index (κ2) is 8.78. The fourth-order valence-electron chi connectivity index (χ4n) is 3.97. The van der Waals surface area contributed by atoms with E-state index in [1.165, 1.54) is 25.9 Å². The van der Waals surface area contributed by atoms with Gasteiger partial charge in [0.25, 0.3) is 0 Å². The highest BCUT2D eigenvalue weighted by atomic mass is 16.5. The van der Waals surface area contributed by atoms with Crippen molar-refractivity contribution in [2.75, 3.05) is 31.5 Å². The van der Waals surface area contributed by atoms with E-state index in [0.717, 1.165) is 53.7 Å². The Hall–Kier alpha value is -2.67. The highest BCUT2D eigenvalue weighted by molar-refractivity contribution is 5.79. The van der Waals surface area contributed by atoms with Crippen molar-refractivity contribution in [2.24, 2.45) is 5.92 Å². The maximum Gasteiger partial charge on any atom is 0.223 e. The van der Waals surface area contributed by atoms with Gasteiger partial charge in [0.05, 0.1) is 23.2 Å². The molecule has 1 fully saturated rings. The molecular weight excluding hydrogens is 366 g/mol. The van der Waals surface area contributed by atoms with Gasteiger partial charge in [0, 0.05) is 30.9 Å². The number of aromatic nitrogens is 3. The van der Waals surface area contributed by atoms with Crippen LogP contribution in [0.3, 0.4) is 0 Å². The third-order valence-electron chi connectivity index (χ3n) is 5.47. The average Bonchev–Trinajstić information content (AvgIpc) is 3.33. The first kappa shape index (κ1) is 19.6. The Bertz CT molecular complexity index is 948. The quantitative estimate of drug-likeness (QED) is 0.588. The third-order valence-corrected chi connectivity index (χ3v) is 5.47. The molecule has 1 aliphatic rings. The Balaban J connectivity index is 1.46. The molecule has 1 unspecified atom stereocenters. The number of likely N-dealkylation sites (tertiary alicyclic amines) is 1. The van der Waals surface area contributed by atoms with Crippen molar-refractivity contribution >= 4 is 5.95 Å². The van der Waals surface area contributed by atoms with Crippen molar-refractivity contribution in [1.82, 2.24) is 20.0 Å². The Morgan fingerprint density at radius 3 is 2.90 bits per heavy atom. The average molecular weight is 396 g/mol. The van der Waals surface area contributed by atoms with E-state index >= 15 is 0 Å². The lowest BCUT2D eigenvalue weighted by Crippen LogP contribution is -2.35. The van der Waals surface area contributed by atoms with Crippen LogP contribution in [0.1, 0.15) is 37.6 Å². The molecule has 0 bridgehead atoms. The summed E-state index contributed by atoms with van der Waals surface area (Å²) in [5.74, 6) is 2.90. The molecule has 1 atom stereocenters. The van der Waals surface area contributed by atoms with Crippen LogP contribution in [-0.4, -0.2) is 46.2 Å². The van der Waals surface area contributed by atoms with Gasteiger partial charge in [-0.1, -0.05) is 12.1 Å². The van der Waals surface area contributed by atoms with E-state index in [0.29, 0.717) is 11.7 Å². The predicted octanol–water partition coefficient (Wildman–Crippen LogP) is 4.54. The molecule has 0 radical (unpaired) electrons. The molecule has 0 aromatic carbocycles. The van der Waals surface area contributed by atoms with Crippen LogP contribution >= 0.6 is 0 Å². The molecule has 4 rings (SSSR count). The van der Waals surface area contributed by atoms with Crippen LogP contribution in [-0.2, 0) is 0 Å². The number of nitrogens with one attached hydrogen (secondary N) is 1. The summed E-state index contributed by atoms with van der Waals surface area (Å²) in [5, 5.41) is 7.37. The smallest absolute Gasteiger partial charge is 0.223 e. The van der Waals surface area contributed by atoms with Crippen LogP contribution in [0.2, 0.25) is 0 Å². The van der Waals surface area contributed by atoms with Crippen LogP contribution < -0.4 is 5.32 Å². The van der Waals surface area contributed by atoms with E-state index < -0.39 is 0 Å². The summed E-state index contributed by atoms with van der Waals surface area (Å²) in [7, 11) is 0. The molecule has 29 heavy (non-hydrogen) atoms. The van der Waals surface area contributed by atoms with Crippen molar-refractivity contribution in [3.05, 3.63) is 36.0 Å². The monoisotopic (exact) mass is 395 g/mol. The lowest BCUT2D eigenvalue weighted by molar-refractivity contribution is 0.183. The van der Waals surface area contributed by atoms with E-state index in [1.807, 2.05) is 26.0 Å². The molecule has 0 amide bonds. The molecule has 1 N–H and O–H groups in total. The molecular formula is C22H29N5O2. The lowest BCUT2D eigenvalue weighted by Gasteiger charge is -2.30. The zero-order valence-electron chi connectivity index (χ0n) is 17.4. The maximum atomic E-state index is 5.50. The minimum atomic E-state index is 0.618. The van der Waals surface area contributed by atoms with Gasteiger partial charge in [0.15, 0.2) is 5.76 Å². The van der Waals surface area contributed by atoms with Crippen molar-refractivity contribution in [2.45, 2.75) is 40.0 Å². The zero-order chi connectivity index (χ0) is 20.2. The highest BCUT2D eigenvalue weighted by Gasteiger charge is 2.18. The second-order valence-corrected chi connectivity index (χ2v) is 8.01. The van der Waals surface area contributed by atoms with Gasteiger partial charge in [-0.05, 0) is 58.2 Å². The standard InChI is InChI=1S/C22H29N5O2/c1-15-6-4-9-27(14-15)10-5-8-23-22-24-13-19(20-12-16(2)26-29-20)21(25-22)18-7-11-28-17(18)3/h7,11-13,15H,4-6,8-10,14H2,1-3H3,(H,23,24,25). The first-order valence-electron chi connectivity index (χ1n) is 10.4. The SMILES string of the molecule is Cc1cc(-c2cnc(NCCCN3CCCC(C)C3)nc2-c2ccoc2C)on1. The van der Waals surface area contributed by atoms with Gasteiger partial charge >= 0.3 is 0 Å². The number of furan rings is 1. The topological polar surface area (TPSA) is 80.2 Å². The first-order valence-corrected chi connectivity index (χ1v) is 10.4. The largest absolute Gasteiger partial charge is 0.469 e. The van der Waals surface area contributed by atoms with Gasteiger partial charge in [-0.3, -0.25) is 0 Å². The van der Waals surface area contributed by atoms with Crippen LogP contribution in [0, 0.1) is 19.8 Å². The Labute approximate surface area is 171 Å². The third kappa shape index (κ3) is 4.67. The van der Waals surface area contributed by atoms with Gasteiger partial charge in [0.1, 0.15) is 5.76 Å². The summed E-state index contributed by atoms with van der Waals surface area (Å²) in [5.41, 5.74) is 3.35. The summed E-state index contributed by atoms with van der Waals surface area (Å²) in [6, 6.07) is 3.82. The normalized spacial score (nSPS) is 17.6. The van der Waals surface area contributed by atoms with Gasteiger partial charge in [0.2, 0.25) is 5.95 Å². The second-order valence-electron chi connectivity index (χ2n) is 8.01. The maximum absolute atomic E-state index is 5.50. The van der Waals surface area contributed by atoms with E-state index in [1.54, 1.807) is 12.5 Å². The summed E-state index contributed by atoms with van der Waals surface area (Å²) in [6.07, 6.45) is 7.21. The van der Waals surface area contributed by atoms with Gasteiger partial charge in [-0.15, -0.1) is 0 Å². The van der Waals surface area contributed by atoms with E-state index in [4.69, 9.17) is 13.9 Å². The van der Waals surface area contributed by atoms with E-state index in [-0.39, 0.29) is 0 Å². The van der Waals surface area contributed by atoms with Crippen LogP contribution in [0.4, 0.5) is 5.95 Å². The fraction of sp³-hybridized carbons (Fsp3) is 0.500. The number of piperidine rings is 1. The summed E-state index contributed by atoms with van der Waals surface area (Å²) < 4.78 is 11.0. The molecule has 7 nitrogen and oxygen atoms in total. The molecule has 3 aromatic rings. The Kier molecular flexibility index (Phi) is 5.94. The Morgan fingerprint density at radius 2 is 2.17 bits per heavy atom. The highest BCUT2D eigenvalue weighted by Crippen LogP contribution is 2.33. The minimum absolute atomic E-state index is 0.618. The van der Waals surface area contributed by atoms with Crippen molar-refractivity contribution in [1.29, 1.82) is 0 Å². The molecule has 154 valence electrons. The molecule has 1 aliphatic heterocycles. The van der Waals surface area contributed by atoms with Crippen molar-refractivity contribution < 1.29 is 8.94 Å². The number of anilines is 1. The molecule has 4 heterocycles. The summed E-state index contributed by atoms with van der Waals surface area (Å²) in [4.78, 5) is 11.8. The predicted molar refractivity (Wildman–Crippen MR) is 113 cm³/mol. The zero-order valence-corrected chi connectivity index (χ0v) is 17.4. The van der Waals surface area contributed by atoms with Crippen LogP contribution in [0.5, 0.6) is 0 Å². The van der Waals surface area contributed by atoms with E-state index in [2.05, 4.69) is 27.3 Å². The number of hydrogen-bond donors (Lipinski definition) is 1. The van der Waals surface area contributed by atoms with Crippen LogP contribution in [0.25, 0.3) is 22.6 Å².